The molecule has 6 nitrogen and oxygen atoms in total. The van der Waals surface area contributed by atoms with Crippen LogP contribution in [0, 0.1) is 0 Å². The number of amides is 2. The van der Waals surface area contributed by atoms with E-state index in [2.05, 4.69) is 5.16 Å². The molecule has 0 saturated carbocycles. The van der Waals surface area contributed by atoms with Gasteiger partial charge in [0.25, 0.3) is 5.91 Å². The Kier molecular flexibility index (Phi) is 4.01. The molecule has 1 atom stereocenters. The van der Waals surface area contributed by atoms with E-state index in [-0.39, 0.29) is 18.4 Å². The molecule has 2 amide bonds. The van der Waals surface area contributed by atoms with E-state index in [9.17, 15) is 9.59 Å². The van der Waals surface area contributed by atoms with Crippen molar-refractivity contribution in [2.75, 3.05) is 6.54 Å². The van der Waals surface area contributed by atoms with Crippen LogP contribution in [0.5, 0.6) is 0 Å². The van der Waals surface area contributed by atoms with E-state index in [0.29, 0.717) is 22.7 Å². The summed E-state index contributed by atoms with van der Waals surface area (Å²) in [5.41, 5.74) is 6.69. The number of thiophene rings is 1. The zero-order valence-corrected chi connectivity index (χ0v) is 14.3. The van der Waals surface area contributed by atoms with Gasteiger partial charge in [0.2, 0.25) is 5.91 Å². The third kappa shape index (κ3) is 2.91. The lowest BCUT2D eigenvalue weighted by Gasteiger charge is -2.23. The molecule has 2 N–H and O–H groups in total. The summed E-state index contributed by atoms with van der Waals surface area (Å²) in [5.74, 6) is -0.406. The van der Waals surface area contributed by atoms with Gasteiger partial charge in [-0.15, -0.1) is 11.3 Å². The summed E-state index contributed by atoms with van der Waals surface area (Å²) in [6, 6.07) is 11.2. The van der Waals surface area contributed by atoms with Gasteiger partial charge >= 0.3 is 0 Å². The molecular weight excluding hydrogens is 338 g/mol. The molecule has 1 saturated heterocycles. The molecule has 0 aliphatic carbocycles. The van der Waals surface area contributed by atoms with Crippen molar-refractivity contribution < 1.29 is 14.1 Å². The molecule has 25 heavy (non-hydrogen) atoms. The number of carbonyl (C=O) groups is 2. The lowest BCUT2D eigenvalue weighted by molar-refractivity contribution is -0.131. The van der Waals surface area contributed by atoms with E-state index < -0.39 is 5.91 Å². The first-order chi connectivity index (χ1) is 12.1. The highest BCUT2D eigenvalue weighted by atomic mass is 32.1. The van der Waals surface area contributed by atoms with Gasteiger partial charge in [0.1, 0.15) is 5.69 Å². The van der Waals surface area contributed by atoms with Gasteiger partial charge in [0.15, 0.2) is 5.58 Å². The van der Waals surface area contributed by atoms with Crippen LogP contribution in [0.1, 0.15) is 39.1 Å². The highest BCUT2D eigenvalue weighted by Crippen LogP contribution is 2.36. The molecule has 0 radical (unpaired) electrons. The first kappa shape index (κ1) is 15.8. The number of para-hydroxylation sites is 1. The molecule has 0 spiro atoms. The molecule has 0 unspecified atom stereocenters. The van der Waals surface area contributed by atoms with Gasteiger partial charge in [-0.3, -0.25) is 9.59 Å². The molecule has 1 fully saturated rings. The predicted molar refractivity (Wildman–Crippen MR) is 94.2 cm³/mol. The van der Waals surface area contributed by atoms with Gasteiger partial charge in [0, 0.05) is 16.8 Å². The Morgan fingerprint density at radius 1 is 1.28 bits per heavy atom. The van der Waals surface area contributed by atoms with Crippen LogP contribution in [0.4, 0.5) is 0 Å². The summed E-state index contributed by atoms with van der Waals surface area (Å²) >= 11 is 1.37. The van der Waals surface area contributed by atoms with Gasteiger partial charge in [-0.25, -0.2) is 0 Å². The molecule has 128 valence electrons. The second-order valence-electron chi connectivity index (χ2n) is 6.11. The van der Waals surface area contributed by atoms with Gasteiger partial charge < -0.3 is 15.2 Å². The minimum absolute atomic E-state index is 0.00349. The van der Waals surface area contributed by atoms with E-state index in [1.807, 2.05) is 35.2 Å². The van der Waals surface area contributed by atoms with Gasteiger partial charge in [-0.05, 0) is 37.1 Å². The fourth-order valence-corrected chi connectivity index (χ4v) is 4.34. The third-order valence-corrected chi connectivity index (χ3v) is 5.74. The molecule has 1 aromatic carbocycles. The minimum atomic E-state index is -0.429. The lowest BCUT2D eigenvalue weighted by atomic mass is 10.1. The van der Waals surface area contributed by atoms with Crippen molar-refractivity contribution in [2.24, 2.45) is 5.73 Å². The minimum Gasteiger partial charge on any atom is -0.365 e. The van der Waals surface area contributed by atoms with Gasteiger partial charge in [-0.1, -0.05) is 17.3 Å². The number of likely N-dealkylation sites (tertiary alicyclic amines) is 1. The smallest absolute Gasteiger partial charge is 0.258 e. The van der Waals surface area contributed by atoms with E-state index in [4.69, 9.17) is 10.3 Å². The Bertz CT molecular complexity index is 946. The Balaban J connectivity index is 1.55. The maximum Gasteiger partial charge on any atom is 0.258 e. The summed E-state index contributed by atoms with van der Waals surface area (Å²) in [6.07, 6.45) is 2.05. The zero-order chi connectivity index (χ0) is 17.4. The normalized spacial score (nSPS) is 17.3. The number of nitrogens with two attached hydrogens (primary N) is 1. The summed E-state index contributed by atoms with van der Waals surface area (Å²) in [6.45, 7) is 0.711. The standard InChI is InChI=1S/C18H17N3O3S/c19-18(23)16-8-7-15(25-16)13-5-3-9-21(13)17(22)10-12-11-4-1-2-6-14(11)24-20-12/h1-2,4,6-8,13H,3,5,9-10H2,(H2,19,23)/t13-/m1/s1. The number of benzene rings is 1. The van der Waals surface area contributed by atoms with Crippen LogP contribution in [-0.2, 0) is 11.2 Å². The molecule has 0 bridgehead atoms. The number of carbonyl (C=O) groups excluding carboxylic acids is 2. The Morgan fingerprint density at radius 3 is 2.92 bits per heavy atom. The van der Waals surface area contributed by atoms with Crippen LogP contribution < -0.4 is 5.73 Å². The molecule has 3 aromatic rings. The van der Waals surface area contributed by atoms with Crippen molar-refractivity contribution in [3.63, 3.8) is 0 Å². The van der Waals surface area contributed by atoms with Crippen LogP contribution in [-0.4, -0.2) is 28.4 Å². The topological polar surface area (TPSA) is 89.4 Å². The summed E-state index contributed by atoms with van der Waals surface area (Å²) in [4.78, 5) is 27.6. The summed E-state index contributed by atoms with van der Waals surface area (Å²) in [5, 5.41) is 4.92. The summed E-state index contributed by atoms with van der Waals surface area (Å²) < 4.78 is 5.28. The van der Waals surface area contributed by atoms with Crippen LogP contribution in [0.3, 0.4) is 0 Å². The molecule has 4 rings (SSSR count). The molecule has 3 heterocycles. The van der Waals surface area contributed by atoms with Crippen molar-refractivity contribution in [1.29, 1.82) is 0 Å². The van der Waals surface area contributed by atoms with E-state index in [1.54, 1.807) is 6.07 Å². The fraction of sp³-hybridized carbons (Fsp3) is 0.278. The largest absolute Gasteiger partial charge is 0.365 e. The number of primary amides is 1. The Hall–Kier alpha value is -2.67. The second-order valence-corrected chi connectivity index (χ2v) is 7.23. The first-order valence-electron chi connectivity index (χ1n) is 8.16. The lowest BCUT2D eigenvalue weighted by Crippen LogP contribution is -2.31. The SMILES string of the molecule is NC(=O)c1ccc([C@H]2CCCN2C(=O)Cc2noc3ccccc23)s1. The summed E-state index contributed by atoms with van der Waals surface area (Å²) in [7, 11) is 0. The molecule has 7 heteroatoms. The average molecular weight is 355 g/mol. The number of rotatable bonds is 4. The second kappa shape index (κ2) is 6.33. The van der Waals surface area contributed by atoms with Crippen LogP contribution in [0.15, 0.2) is 40.9 Å². The molecular formula is C18H17N3O3S. The number of hydrogen-bond donors (Lipinski definition) is 1. The van der Waals surface area contributed by atoms with E-state index >= 15 is 0 Å². The van der Waals surface area contributed by atoms with Crippen LogP contribution in [0.25, 0.3) is 11.0 Å². The number of fused-ring (bicyclic) bond motifs is 1. The number of hydrogen-bond acceptors (Lipinski definition) is 5. The van der Waals surface area contributed by atoms with E-state index in [0.717, 1.165) is 23.1 Å². The number of aromatic nitrogens is 1. The molecule has 2 aromatic heterocycles. The molecule has 1 aliphatic rings. The number of nitrogens with zero attached hydrogens (tertiary/aromatic N) is 2. The highest BCUT2D eigenvalue weighted by molar-refractivity contribution is 7.14. The van der Waals surface area contributed by atoms with Gasteiger partial charge in [0.05, 0.1) is 17.3 Å². The van der Waals surface area contributed by atoms with Crippen LogP contribution >= 0.6 is 11.3 Å². The van der Waals surface area contributed by atoms with Crippen molar-refractivity contribution in [2.45, 2.75) is 25.3 Å². The van der Waals surface area contributed by atoms with Gasteiger partial charge in [-0.2, -0.15) is 0 Å². The zero-order valence-electron chi connectivity index (χ0n) is 13.5. The fourth-order valence-electron chi connectivity index (χ4n) is 3.34. The van der Waals surface area contributed by atoms with Crippen LogP contribution in [0.2, 0.25) is 0 Å². The highest BCUT2D eigenvalue weighted by Gasteiger charge is 2.31. The molecule has 1 aliphatic heterocycles. The first-order valence-corrected chi connectivity index (χ1v) is 8.97. The Morgan fingerprint density at radius 2 is 2.12 bits per heavy atom. The van der Waals surface area contributed by atoms with E-state index in [1.165, 1.54) is 11.3 Å². The van der Waals surface area contributed by atoms with Crippen molar-refractivity contribution in [3.8, 4) is 0 Å². The van der Waals surface area contributed by atoms with Crippen molar-refractivity contribution in [3.05, 3.63) is 51.8 Å². The van der Waals surface area contributed by atoms with Crippen molar-refractivity contribution >= 4 is 34.1 Å². The monoisotopic (exact) mass is 355 g/mol. The average Bonchev–Trinajstić information content (AvgIpc) is 3.34. The quantitative estimate of drug-likeness (QED) is 0.779. The maximum atomic E-state index is 12.8. The Labute approximate surface area is 148 Å². The third-order valence-electron chi connectivity index (χ3n) is 4.54. The predicted octanol–water partition coefficient (Wildman–Crippen LogP) is 2.89. The maximum absolute atomic E-state index is 12.8. The van der Waals surface area contributed by atoms with Crippen molar-refractivity contribution in [1.82, 2.24) is 10.1 Å².